The molecular formula is C17H20N4O2S. The molecular weight excluding hydrogens is 324 g/mol. The smallest absolute Gasteiger partial charge is 0.253 e. The third kappa shape index (κ3) is 3.97. The van der Waals surface area contributed by atoms with Gasteiger partial charge in [-0.25, -0.2) is 9.50 Å². The zero-order valence-electron chi connectivity index (χ0n) is 14.0. The highest BCUT2D eigenvalue weighted by Crippen LogP contribution is 2.19. The highest BCUT2D eigenvalue weighted by molar-refractivity contribution is 7.99. The van der Waals surface area contributed by atoms with Gasteiger partial charge in [0.2, 0.25) is 5.16 Å². The Labute approximate surface area is 145 Å². The number of aromatic nitrogens is 4. The molecule has 24 heavy (non-hydrogen) atoms. The molecule has 3 rings (SSSR count). The first-order valence-electron chi connectivity index (χ1n) is 7.76. The summed E-state index contributed by atoms with van der Waals surface area (Å²) in [5, 5.41) is 5.23. The number of hydrogen-bond acceptors (Lipinski definition) is 6. The number of ether oxygens (including phenoxy) is 2. The van der Waals surface area contributed by atoms with Crippen molar-refractivity contribution in [2.24, 2.45) is 0 Å². The van der Waals surface area contributed by atoms with Gasteiger partial charge in [0.05, 0.1) is 13.7 Å². The number of nitrogens with zero attached hydrogens (tertiary/aromatic N) is 4. The SMILES string of the molecule is COc1ccc(OCCCSc2nc3nc(C)cc(C)n3n2)cc1. The maximum absolute atomic E-state index is 5.71. The Kier molecular flexibility index (Phi) is 5.20. The van der Waals surface area contributed by atoms with Crippen LogP contribution in [0, 0.1) is 13.8 Å². The fraction of sp³-hybridized carbons (Fsp3) is 0.353. The second-order valence-electron chi connectivity index (χ2n) is 5.37. The molecule has 0 bridgehead atoms. The fourth-order valence-electron chi connectivity index (χ4n) is 2.29. The standard InChI is InChI=1S/C17H20N4O2S/c1-12-11-13(2)21-16(18-12)19-17(20-21)24-10-4-9-23-15-7-5-14(22-3)6-8-15/h5-8,11H,4,9-10H2,1-3H3. The van der Waals surface area contributed by atoms with E-state index < -0.39 is 0 Å². The number of hydrogen-bond donors (Lipinski definition) is 0. The average Bonchev–Trinajstić information content (AvgIpc) is 2.98. The van der Waals surface area contributed by atoms with Gasteiger partial charge < -0.3 is 9.47 Å². The summed E-state index contributed by atoms with van der Waals surface area (Å²) in [7, 11) is 1.65. The van der Waals surface area contributed by atoms with Crippen molar-refractivity contribution in [1.29, 1.82) is 0 Å². The molecule has 0 fully saturated rings. The van der Waals surface area contributed by atoms with Crippen LogP contribution < -0.4 is 9.47 Å². The van der Waals surface area contributed by atoms with Gasteiger partial charge in [0.1, 0.15) is 11.5 Å². The molecule has 0 amide bonds. The molecule has 2 aromatic heterocycles. The molecule has 0 aliphatic heterocycles. The van der Waals surface area contributed by atoms with E-state index in [0.717, 1.165) is 40.2 Å². The molecule has 7 heteroatoms. The fourth-order valence-corrected chi connectivity index (χ4v) is 3.02. The summed E-state index contributed by atoms with van der Waals surface area (Å²) in [6, 6.07) is 9.60. The number of thioether (sulfide) groups is 1. The number of rotatable bonds is 7. The monoisotopic (exact) mass is 344 g/mol. The largest absolute Gasteiger partial charge is 0.497 e. The van der Waals surface area contributed by atoms with E-state index in [4.69, 9.17) is 9.47 Å². The molecule has 6 nitrogen and oxygen atoms in total. The van der Waals surface area contributed by atoms with Crippen LogP contribution in [0.4, 0.5) is 0 Å². The van der Waals surface area contributed by atoms with Crippen LogP contribution in [-0.4, -0.2) is 39.1 Å². The highest BCUT2D eigenvalue weighted by Gasteiger charge is 2.08. The first-order chi connectivity index (χ1) is 11.7. The summed E-state index contributed by atoms with van der Waals surface area (Å²) in [5.41, 5.74) is 2.00. The maximum Gasteiger partial charge on any atom is 0.253 e. The predicted molar refractivity (Wildman–Crippen MR) is 94.1 cm³/mol. The second kappa shape index (κ2) is 7.53. The molecule has 0 saturated carbocycles. The lowest BCUT2D eigenvalue weighted by molar-refractivity contribution is 0.318. The topological polar surface area (TPSA) is 61.5 Å². The third-order valence-electron chi connectivity index (χ3n) is 3.45. The van der Waals surface area contributed by atoms with Gasteiger partial charge in [-0.1, -0.05) is 11.8 Å². The van der Waals surface area contributed by atoms with Gasteiger partial charge in [0.15, 0.2) is 0 Å². The van der Waals surface area contributed by atoms with Crippen LogP contribution in [-0.2, 0) is 0 Å². The molecule has 0 unspecified atom stereocenters. The van der Waals surface area contributed by atoms with Crippen molar-refractivity contribution in [1.82, 2.24) is 19.6 Å². The lowest BCUT2D eigenvalue weighted by Gasteiger charge is -2.06. The van der Waals surface area contributed by atoms with Crippen molar-refractivity contribution >= 4 is 17.5 Å². The molecule has 0 radical (unpaired) electrons. The molecule has 126 valence electrons. The van der Waals surface area contributed by atoms with E-state index in [-0.39, 0.29) is 0 Å². The zero-order chi connectivity index (χ0) is 16.9. The molecule has 1 aromatic carbocycles. The molecule has 2 heterocycles. The Bertz CT molecular complexity index is 817. The zero-order valence-corrected chi connectivity index (χ0v) is 14.8. The van der Waals surface area contributed by atoms with Crippen molar-refractivity contribution in [2.75, 3.05) is 19.5 Å². The Morgan fingerprint density at radius 1 is 1.08 bits per heavy atom. The molecule has 0 saturated heterocycles. The maximum atomic E-state index is 5.71. The summed E-state index contributed by atoms with van der Waals surface area (Å²) in [4.78, 5) is 8.85. The summed E-state index contributed by atoms with van der Waals surface area (Å²) in [5.74, 6) is 3.23. The van der Waals surface area contributed by atoms with Crippen LogP contribution in [0.25, 0.3) is 5.78 Å². The third-order valence-corrected chi connectivity index (χ3v) is 4.37. The molecule has 3 aromatic rings. The minimum absolute atomic E-state index is 0.656. The van der Waals surface area contributed by atoms with Crippen molar-refractivity contribution < 1.29 is 9.47 Å². The normalized spacial score (nSPS) is 11.0. The summed E-state index contributed by atoms with van der Waals surface area (Å²) >= 11 is 1.62. The molecule has 0 atom stereocenters. The van der Waals surface area contributed by atoms with E-state index in [0.29, 0.717) is 12.4 Å². The van der Waals surface area contributed by atoms with Gasteiger partial charge in [0, 0.05) is 17.1 Å². The van der Waals surface area contributed by atoms with Crippen LogP contribution in [0.15, 0.2) is 35.5 Å². The van der Waals surface area contributed by atoms with Crippen LogP contribution in [0.3, 0.4) is 0 Å². The summed E-state index contributed by atoms with van der Waals surface area (Å²) in [6.07, 6.45) is 0.914. The Balaban J connectivity index is 1.47. The minimum Gasteiger partial charge on any atom is -0.497 e. The average molecular weight is 344 g/mol. The van der Waals surface area contributed by atoms with E-state index >= 15 is 0 Å². The summed E-state index contributed by atoms with van der Waals surface area (Å²) < 4.78 is 12.6. The van der Waals surface area contributed by atoms with Crippen molar-refractivity contribution in [3.8, 4) is 11.5 Å². The van der Waals surface area contributed by atoms with E-state index in [1.54, 1.807) is 23.4 Å². The van der Waals surface area contributed by atoms with Gasteiger partial charge in [-0.05, 0) is 50.6 Å². The Morgan fingerprint density at radius 3 is 2.58 bits per heavy atom. The first-order valence-corrected chi connectivity index (χ1v) is 8.75. The highest BCUT2D eigenvalue weighted by atomic mass is 32.2. The molecule has 0 spiro atoms. The minimum atomic E-state index is 0.656. The van der Waals surface area contributed by atoms with Crippen LogP contribution in [0.2, 0.25) is 0 Å². The van der Waals surface area contributed by atoms with Crippen molar-refractivity contribution in [3.63, 3.8) is 0 Å². The van der Waals surface area contributed by atoms with Crippen molar-refractivity contribution in [3.05, 3.63) is 41.7 Å². The van der Waals surface area contributed by atoms with E-state index in [9.17, 15) is 0 Å². The lowest BCUT2D eigenvalue weighted by atomic mass is 10.3. The second-order valence-corrected chi connectivity index (χ2v) is 6.43. The van der Waals surface area contributed by atoms with Crippen LogP contribution in [0.5, 0.6) is 11.5 Å². The molecule has 0 N–H and O–H groups in total. The predicted octanol–water partition coefficient (Wildman–Crippen LogP) is 3.31. The lowest BCUT2D eigenvalue weighted by Crippen LogP contribution is -1.99. The van der Waals surface area contributed by atoms with Gasteiger partial charge in [-0.15, -0.1) is 5.10 Å². The van der Waals surface area contributed by atoms with E-state index in [1.165, 1.54) is 0 Å². The number of aryl methyl sites for hydroxylation is 2. The van der Waals surface area contributed by atoms with Gasteiger partial charge in [0.25, 0.3) is 5.78 Å². The molecule has 0 aliphatic rings. The van der Waals surface area contributed by atoms with Crippen molar-refractivity contribution in [2.45, 2.75) is 25.4 Å². The van der Waals surface area contributed by atoms with Gasteiger partial charge in [-0.3, -0.25) is 0 Å². The van der Waals surface area contributed by atoms with Crippen LogP contribution >= 0.6 is 11.8 Å². The first kappa shape index (κ1) is 16.6. The quantitative estimate of drug-likeness (QED) is 0.484. The van der Waals surface area contributed by atoms with Gasteiger partial charge in [-0.2, -0.15) is 4.98 Å². The molecule has 0 aliphatic carbocycles. The Morgan fingerprint density at radius 2 is 1.83 bits per heavy atom. The Hall–Kier alpha value is -2.28. The van der Waals surface area contributed by atoms with E-state index in [1.807, 2.05) is 44.2 Å². The number of methoxy groups -OCH3 is 1. The summed E-state index contributed by atoms with van der Waals surface area (Å²) in [6.45, 7) is 4.63. The van der Waals surface area contributed by atoms with E-state index in [2.05, 4.69) is 15.1 Å². The van der Waals surface area contributed by atoms with Crippen LogP contribution in [0.1, 0.15) is 17.8 Å². The van der Waals surface area contributed by atoms with Gasteiger partial charge >= 0.3 is 0 Å². The number of fused-ring (bicyclic) bond motifs is 1. The number of benzene rings is 1.